The van der Waals surface area contributed by atoms with Crippen LogP contribution in [0.3, 0.4) is 0 Å². The maximum Gasteiger partial charge on any atom is 0.217 e. The van der Waals surface area contributed by atoms with E-state index in [0.717, 1.165) is 147 Å². The molecule has 0 saturated heterocycles. The SMILES string of the molecule is Cc1cc(Oc2ccc(-n3c(-c4cc(-c5nc6ccccc6n5-c5ccccc5)cc(-c5nc6ccccc6n5-c5ccccc5)c4)nc4ccccc43)cc2)cc(-n2c3ccccc3c3ccccc32)c1Oc1cccc2c1-c1cccc[n+]1C2. The summed E-state index contributed by atoms with van der Waals surface area (Å²) in [6.45, 7) is 2.90. The Kier molecular flexibility index (Phi) is 11.3. The lowest BCUT2D eigenvalue weighted by atomic mass is 10.0. The molecule has 10 heteroatoms. The molecule has 0 radical (unpaired) electrons. The molecule has 10 nitrogen and oxygen atoms in total. The number of para-hydroxylation sites is 10. The molecule has 1 aliphatic heterocycles. The van der Waals surface area contributed by atoms with Gasteiger partial charge in [-0.25, -0.2) is 15.0 Å². The van der Waals surface area contributed by atoms with Crippen LogP contribution in [0, 0.1) is 6.92 Å². The highest BCUT2D eigenvalue weighted by Crippen LogP contribution is 2.46. The van der Waals surface area contributed by atoms with Crippen molar-refractivity contribution < 1.29 is 14.0 Å². The lowest BCUT2D eigenvalue weighted by Gasteiger charge is -2.19. The molecular weight excluding hydrogens is 1060 g/mol. The highest BCUT2D eigenvalue weighted by atomic mass is 16.5. The molecule has 16 aromatic rings. The zero-order valence-corrected chi connectivity index (χ0v) is 46.7. The van der Waals surface area contributed by atoms with Gasteiger partial charge in [0.2, 0.25) is 5.69 Å². The van der Waals surface area contributed by atoms with Crippen LogP contribution in [0.2, 0.25) is 0 Å². The summed E-state index contributed by atoms with van der Waals surface area (Å²) in [5.41, 5.74) is 18.7. The second-order valence-corrected chi connectivity index (χ2v) is 21.9. The summed E-state index contributed by atoms with van der Waals surface area (Å²) in [5, 5.41) is 2.32. The number of fused-ring (bicyclic) bond motifs is 9. The fraction of sp³-hybridized carbons (Fsp3) is 0.0263. The van der Waals surface area contributed by atoms with Gasteiger partial charge in [0.25, 0.3) is 0 Å². The molecule has 0 spiro atoms. The molecular formula is C76H51N8O2+. The summed E-state index contributed by atoms with van der Waals surface area (Å²) in [7, 11) is 0. The van der Waals surface area contributed by atoms with Gasteiger partial charge in [-0.05, 0) is 146 Å². The van der Waals surface area contributed by atoms with Crippen LogP contribution < -0.4 is 14.0 Å². The van der Waals surface area contributed by atoms with Gasteiger partial charge >= 0.3 is 0 Å². The molecule has 1 aliphatic rings. The van der Waals surface area contributed by atoms with Gasteiger partial charge in [0.15, 0.2) is 18.5 Å². The number of hydrogen-bond acceptors (Lipinski definition) is 5. The average molecular weight is 1110 g/mol. The van der Waals surface area contributed by atoms with Gasteiger partial charge in [0.1, 0.15) is 34.7 Å². The maximum atomic E-state index is 7.24. The number of rotatable bonds is 11. The summed E-state index contributed by atoms with van der Waals surface area (Å²) >= 11 is 0. The predicted octanol–water partition coefficient (Wildman–Crippen LogP) is 18.0. The number of pyridine rings is 1. The molecule has 0 atom stereocenters. The van der Waals surface area contributed by atoms with Crippen LogP contribution in [0.4, 0.5) is 0 Å². The first-order chi connectivity index (χ1) is 42.5. The Balaban J connectivity index is 0.809. The number of aromatic nitrogens is 8. The Bertz CT molecular complexity index is 5160. The van der Waals surface area contributed by atoms with Crippen molar-refractivity contribution in [1.29, 1.82) is 0 Å². The van der Waals surface area contributed by atoms with E-state index in [0.29, 0.717) is 11.5 Å². The number of aryl methyl sites for hydroxylation is 1. The molecule has 0 saturated carbocycles. The van der Waals surface area contributed by atoms with Gasteiger partial charge in [0.05, 0.1) is 55.4 Å². The fourth-order valence-electron chi connectivity index (χ4n) is 12.9. The third kappa shape index (κ3) is 8.02. The van der Waals surface area contributed by atoms with Crippen LogP contribution in [0.1, 0.15) is 11.1 Å². The van der Waals surface area contributed by atoms with Gasteiger partial charge in [-0.3, -0.25) is 13.7 Å². The molecule has 0 unspecified atom stereocenters. The van der Waals surface area contributed by atoms with E-state index in [-0.39, 0.29) is 0 Å². The predicted molar refractivity (Wildman–Crippen MR) is 343 cm³/mol. The molecule has 11 aromatic carbocycles. The number of hydrogen-bond donors (Lipinski definition) is 0. The second-order valence-electron chi connectivity index (χ2n) is 21.9. The molecule has 0 fully saturated rings. The lowest BCUT2D eigenvalue weighted by molar-refractivity contribution is -0.672. The van der Waals surface area contributed by atoms with E-state index >= 15 is 0 Å². The minimum absolute atomic E-state index is 0.680. The third-order valence-electron chi connectivity index (χ3n) is 16.7. The van der Waals surface area contributed by atoms with Crippen LogP contribution in [-0.4, -0.2) is 33.2 Å². The van der Waals surface area contributed by atoms with E-state index in [2.05, 4.69) is 266 Å². The molecule has 0 bridgehead atoms. The summed E-state index contributed by atoms with van der Waals surface area (Å²) < 4.78 is 25.6. The van der Waals surface area contributed by atoms with E-state index in [4.69, 9.17) is 24.4 Å². The van der Waals surface area contributed by atoms with Gasteiger partial charge in [0, 0.05) is 68.3 Å². The Morgan fingerprint density at radius 2 is 0.837 bits per heavy atom. The van der Waals surface area contributed by atoms with Crippen molar-refractivity contribution in [2.24, 2.45) is 0 Å². The monoisotopic (exact) mass is 1110 g/mol. The molecule has 0 amide bonds. The molecule has 0 aliphatic carbocycles. The number of ether oxygens (including phenoxy) is 2. The van der Waals surface area contributed by atoms with Gasteiger partial charge in [-0.15, -0.1) is 0 Å². The van der Waals surface area contributed by atoms with Crippen molar-refractivity contribution in [3.8, 4) is 91.2 Å². The topological polar surface area (TPSA) is 80.7 Å². The van der Waals surface area contributed by atoms with Crippen molar-refractivity contribution in [2.75, 3.05) is 0 Å². The minimum atomic E-state index is 0.680. The zero-order valence-electron chi connectivity index (χ0n) is 46.7. The normalized spacial score (nSPS) is 12.0. The summed E-state index contributed by atoms with van der Waals surface area (Å²) in [6, 6.07) is 95.0. The fourth-order valence-corrected chi connectivity index (χ4v) is 12.9. The highest BCUT2D eigenvalue weighted by molar-refractivity contribution is 6.09. The number of imidazole rings is 3. The van der Waals surface area contributed by atoms with Gasteiger partial charge < -0.3 is 14.0 Å². The van der Waals surface area contributed by atoms with Crippen molar-refractivity contribution >= 4 is 54.9 Å². The van der Waals surface area contributed by atoms with Crippen molar-refractivity contribution in [2.45, 2.75) is 13.5 Å². The Morgan fingerprint density at radius 1 is 0.372 bits per heavy atom. The number of benzene rings is 11. The number of nitrogens with zero attached hydrogens (tertiary/aromatic N) is 8. The first-order valence-electron chi connectivity index (χ1n) is 28.9. The van der Waals surface area contributed by atoms with Crippen molar-refractivity contribution in [1.82, 2.24) is 33.2 Å². The minimum Gasteiger partial charge on any atom is -0.457 e. The highest BCUT2D eigenvalue weighted by Gasteiger charge is 2.31. The van der Waals surface area contributed by atoms with Crippen LogP contribution in [0.5, 0.6) is 23.0 Å². The third-order valence-corrected chi connectivity index (χ3v) is 16.7. The lowest BCUT2D eigenvalue weighted by Crippen LogP contribution is -2.31. The van der Waals surface area contributed by atoms with Crippen LogP contribution in [0.25, 0.3) is 123 Å². The molecule has 6 heterocycles. The standard InChI is InChI=1S/C76H51N8O2/c1-49-43-58(47-70(84-64-31-13-8-26-59(64)60-27-9-14-32-65(60)84)73(49)86-71-37-20-21-50-48-80-42-19-18-36-69(80)72(50)71)85-57-40-38-56(39-41-57)83-68-35-17-12-30-63(68)79-76(83)53-45-51(74-77-61-28-10-15-33-66(61)81(74)54-22-4-2-5-23-54)44-52(46-53)75-78-62-29-11-16-34-67(62)82(75)55-24-6-3-7-25-55/h2-47H,48H2,1H3/q+1. The van der Waals surface area contributed by atoms with Crippen molar-refractivity contribution in [3.63, 3.8) is 0 Å². The van der Waals surface area contributed by atoms with Crippen LogP contribution in [0.15, 0.2) is 279 Å². The van der Waals surface area contributed by atoms with Crippen LogP contribution >= 0.6 is 0 Å². The van der Waals surface area contributed by atoms with Gasteiger partial charge in [-0.1, -0.05) is 121 Å². The molecule has 86 heavy (non-hydrogen) atoms. The van der Waals surface area contributed by atoms with Crippen LogP contribution in [-0.2, 0) is 6.54 Å². The largest absolute Gasteiger partial charge is 0.457 e. The van der Waals surface area contributed by atoms with Gasteiger partial charge in [-0.2, -0.15) is 4.57 Å². The average Bonchev–Trinajstić information content (AvgIpc) is 2.01. The van der Waals surface area contributed by atoms with E-state index in [1.54, 1.807) is 0 Å². The molecule has 406 valence electrons. The van der Waals surface area contributed by atoms with E-state index in [9.17, 15) is 0 Å². The Labute approximate surface area is 494 Å². The van der Waals surface area contributed by atoms with E-state index in [1.807, 2.05) is 42.5 Å². The summed E-state index contributed by atoms with van der Waals surface area (Å²) in [6.07, 6.45) is 2.13. The summed E-state index contributed by atoms with van der Waals surface area (Å²) in [5.74, 6) is 5.29. The van der Waals surface area contributed by atoms with E-state index in [1.165, 1.54) is 5.56 Å². The summed E-state index contributed by atoms with van der Waals surface area (Å²) in [4.78, 5) is 16.3. The zero-order chi connectivity index (χ0) is 56.8. The van der Waals surface area contributed by atoms with E-state index < -0.39 is 0 Å². The molecule has 0 N–H and O–H groups in total. The quantitative estimate of drug-likeness (QED) is 0.121. The Morgan fingerprint density at radius 3 is 1.37 bits per heavy atom. The molecule has 17 rings (SSSR count). The first kappa shape index (κ1) is 49.0. The maximum absolute atomic E-state index is 7.24. The van der Waals surface area contributed by atoms with Crippen molar-refractivity contribution in [3.05, 3.63) is 290 Å². The first-order valence-corrected chi connectivity index (χ1v) is 28.9. The second kappa shape index (κ2) is 19.8. The Hall–Kier alpha value is -11.6. The molecule has 5 aromatic heterocycles. The smallest absolute Gasteiger partial charge is 0.217 e.